The van der Waals surface area contributed by atoms with E-state index in [2.05, 4.69) is 23.4 Å². The standard InChI is InChI=1S/C24H30N4O/c1-17(2)15-27(24(29)19-12-10-18(3)11-13-19)16-22-26-21-9-6-14-25-23(21)28(22)20-7-4-5-8-20/h6,9-14,17,20H,4-5,7-8,15-16H2,1-3H3. The van der Waals surface area contributed by atoms with Gasteiger partial charge < -0.3 is 9.47 Å². The summed E-state index contributed by atoms with van der Waals surface area (Å²) in [6.45, 7) is 7.55. The summed E-state index contributed by atoms with van der Waals surface area (Å²) in [7, 11) is 0. The summed E-state index contributed by atoms with van der Waals surface area (Å²) in [6, 6.07) is 12.2. The third-order valence-electron chi connectivity index (χ3n) is 5.72. The highest BCUT2D eigenvalue weighted by atomic mass is 16.2. The van der Waals surface area contributed by atoms with Crippen molar-refractivity contribution in [3.8, 4) is 0 Å². The molecule has 1 saturated carbocycles. The third-order valence-corrected chi connectivity index (χ3v) is 5.72. The Morgan fingerprint density at radius 3 is 2.59 bits per heavy atom. The molecule has 0 N–H and O–H groups in total. The van der Waals surface area contributed by atoms with Crippen molar-refractivity contribution in [1.82, 2.24) is 19.4 Å². The molecule has 0 bridgehead atoms. The Bertz CT molecular complexity index is 984. The maximum Gasteiger partial charge on any atom is 0.254 e. The van der Waals surface area contributed by atoms with Crippen molar-refractivity contribution in [2.24, 2.45) is 5.92 Å². The molecule has 1 aromatic carbocycles. The summed E-state index contributed by atoms with van der Waals surface area (Å²) < 4.78 is 2.30. The van der Waals surface area contributed by atoms with E-state index in [1.54, 1.807) is 0 Å². The van der Waals surface area contributed by atoms with E-state index in [0.717, 1.165) is 41.0 Å². The first-order valence-electron chi connectivity index (χ1n) is 10.7. The Morgan fingerprint density at radius 1 is 1.17 bits per heavy atom. The van der Waals surface area contributed by atoms with E-state index >= 15 is 0 Å². The quantitative estimate of drug-likeness (QED) is 0.585. The average Bonchev–Trinajstić information content (AvgIpc) is 3.34. The van der Waals surface area contributed by atoms with Gasteiger partial charge in [-0.25, -0.2) is 9.97 Å². The van der Waals surface area contributed by atoms with Crippen LogP contribution in [0.4, 0.5) is 0 Å². The molecule has 2 aromatic heterocycles. The van der Waals surface area contributed by atoms with Crippen molar-refractivity contribution in [2.75, 3.05) is 6.54 Å². The summed E-state index contributed by atoms with van der Waals surface area (Å²) in [4.78, 5) is 24.8. The minimum Gasteiger partial charge on any atom is -0.331 e. The predicted molar refractivity (Wildman–Crippen MR) is 116 cm³/mol. The SMILES string of the molecule is Cc1ccc(C(=O)N(Cc2nc3cccnc3n2C2CCCC2)CC(C)C)cc1. The molecular weight excluding hydrogens is 360 g/mol. The number of nitrogens with zero attached hydrogens (tertiary/aromatic N) is 4. The molecule has 29 heavy (non-hydrogen) atoms. The van der Waals surface area contributed by atoms with Gasteiger partial charge >= 0.3 is 0 Å². The molecule has 0 aliphatic heterocycles. The van der Waals surface area contributed by atoms with Gasteiger partial charge in [0.1, 0.15) is 11.3 Å². The molecule has 2 heterocycles. The van der Waals surface area contributed by atoms with Crippen LogP contribution in [0.2, 0.25) is 0 Å². The second kappa shape index (κ2) is 8.36. The van der Waals surface area contributed by atoms with Gasteiger partial charge in [0.2, 0.25) is 0 Å². The number of imidazole rings is 1. The predicted octanol–water partition coefficient (Wildman–Crippen LogP) is 5.15. The number of aryl methyl sites for hydroxylation is 1. The molecule has 0 spiro atoms. The van der Waals surface area contributed by atoms with Gasteiger partial charge in [0.25, 0.3) is 5.91 Å². The van der Waals surface area contributed by atoms with Crippen LogP contribution in [0.1, 0.15) is 67.3 Å². The van der Waals surface area contributed by atoms with Crippen LogP contribution in [0.3, 0.4) is 0 Å². The van der Waals surface area contributed by atoms with Crippen LogP contribution in [0.25, 0.3) is 11.2 Å². The van der Waals surface area contributed by atoms with Crippen LogP contribution in [-0.4, -0.2) is 31.9 Å². The monoisotopic (exact) mass is 390 g/mol. The second-order valence-corrected chi connectivity index (χ2v) is 8.63. The maximum absolute atomic E-state index is 13.3. The summed E-state index contributed by atoms with van der Waals surface area (Å²) >= 11 is 0. The van der Waals surface area contributed by atoms with E-state index in [1.165, 1.54) is 12.8 Å². The highest BCUT2D eigenvalue weighted by molar-refractivity contribution is 5.94. The highest BCUT2D eigenvalue weighted by Gasteiger charge is 2.26. The van der Waals surface area contributed by atoms with Gasteiger partial charge in [-0.2, -0.15) is 0 Å². The molecular formula is C24H30N4O. The molecule has 152 valence electrons. The molecule has 0 saturated heterocycles. The number of amides is 1. The molecule has 1 fully saturated rings. The Labute approximate surface area is 172 Å². The average molecular weight is 391 g/mol. The molecule has 0 unspecified atom stereocenters. The minimum atomic E-state index is 0.0664. The van der Waals surface area contributed by atoms with Crippen molar-refractivity contribution in [3.05, 3.63) is 59.5 Å². The molecule has 1 amide bonds. The van der Waals surface area contributed by atoms with Crippen LogP contribution < -0.4 is 0 Å². The van der Waals surface area contributed by atoms with Crippen molar-refractivity contribution in [1.29, 1.82) is 0 Å². The Hall–Kier alpha value is -2.69. The summed E-state index contributed by atoms with van der Waals surface area (Å²) in [5.74, 6) is 1.40. The van der Waals surface area contributed by atoms with Gasteiger partial charge in [0.15, 0.2) is 5.65 Å². The Morgan fingerprint density at radius 2 is 1.90 bits per heavy atom. The number of benzene rings is 1. The van der Waals surface area contributed by atoms with E-state index in [0.29, 0.717) is 25.0 Å². The summed E-state index contributed by atoms with van der Waals surface area (Å²) in [5.41, 5.74) is 3.76. The van der Waals surface area contributed by atoms with Crippen LogP contribution in [0.5, 0.6) is 0 Å². The number of hydrogen-bond donors (Lipinski definition) is 0. The molecule has 5 nitrogen and oxygen atoms in total. The lowest BCUT2D eigenvalue weighted by atomic mass is 10.1. The van der Waals surface area contributed by atoms with E-state index in [4.69, 9.17) is 4.98 Å². The number of rotatable bonds is 6. The van der Waals surface area contributed by atoms with Gasteiger partial charge in [-0.3, -0.25) is 4.79 Å². The molecule has 1 aliphatic carbocycles. The third kappa shape index (κ3) is 4.19. The van der Waals surface area contributed by atoms with E-state index in [1.807, 2.05) is 54.4 Å². The van der Waals surface area contributed by atoms with E-state index in [9.17, 15) is 4.79 Å². The molecule has 5 heteroatoms. The number of pyridine rings is 1. The van der Waals surface area contributed by atoms with Crippen LogP contribution in [0, 0.1) is 12.8 Å². The fraction of sp³-hybridized carbons (Fsp3) is 0.458. The van der Waals surface area contributed by atoms with Crippen LogP contribution in [0.15, 0.2) is 42.6 Å². The Kier molecular flexibility index (Phi) is 5.65. The number of aromatic nitrogens is 3. The zero-order chi connectivity index (χ0) is 20.4. The zero-order valence-corrected chi connectivity index (χ0v) is 17.6. The minimum absolute atomic E-state index is 0.0664. The molecule has 3 aromatic rings. The first-order chi connectivity index (χ1) is 14.0. The van der Waals surface area contributed by atoms with Gasteiger partial charge in [0, 0.05) is 24.3 Å². The van der Waals surface area contributed by atoms with Crippen LogP contribution in [-0.2, 0) is 6.54 Å². The highest BCUT2D eigenvalue weighted by Crippen LogP contribution is 2.33. The number of fused-ring (bicyclic) bond motifs is 1. The van der Waals surface area contributed by atoms with Crippen LogP contribution >= 0.6 is 0 Å². The van der Waals surface area contributed by atoms with Crippen molar-refractivity contribution in [3.63, 3.8) is 0 Å². The molecule has 1 aliphatic rings. The van der Waals surface area contributed by atoms with Gasteiger partial charge in [-0.05, 0) is 49.9 Å². The first kappa shape index (κ1) is 19.6. The summed E-state index contributed by atoms with van der Waals surface area (Å²) in [5, 5.41) is 0. The van der Waals surface area contributed by atoms with Gasteiger partial charge in [-0.15, -0.1) is 0 Å². The number of hydrogen-bond acceptors (Lipinski definition) is 3. The second-order valence-electron chi connectivity index (χ2n) is 8.63. The molecule has 0 atom stereocenters. The topological polar surface area (TPSA) is 51.0 Å². The normalized spacial score (nSPS) is 14.8. The molecule has 4 rings (SSSR count). The van der Waals surface area contributed by atoms with Crippen molar-refractivity contribution >= 4 is 17.1 Å². The lowest BCUT2D eigenvalue weighted by Gasteiger charge is -2.26. The lowest BCUT2D eigenvalue weighted by molar-refractivity contribution is 0.0715. The lowest BCUT2D eigenvalue weighted by Crippen LogP contribution is -2.35. The fourth-order valence-corrected chi connectivity index (χ4v) is 4.34. The van der Waals surface area contributed by atoms with Crippen molar-refractivity contribution in [2.45, 2.75) is 59.0 Å². The smallest absolute Gasteiger partial charge is 0.254 e. The van der Waals surface area contributed by atoms with Gasteiger partial charge in [-0.1, -0.05) is 44.4 Å². The summed E-state index contributed by atoms with van der Waals surface area (Å²) in [6.07, 6.45) is 6.64. The fourth-order valence-electron chi connectivity index (χ4n) is 4.34. The molecule has 0 radical (unpaired) electrons. The first-order valence-corrected chi connectivity index (χ1v) is 10.7. The number of carbonyl (C=O) groups is 1. The van der Waals surface area contributed by atoms with Gasteiger partial charge in [0.05, 0.1) is 6.54 Å². The largest absolute Gasteiger partial charge is 0.331 e. The number of carbonyl (C=O) groups excluding carboxylic acids is 1. The Balaban J connectivity index is 1.70. The zero-order valence-electron chi connectivity index (χ0n) is 17.6. The van der Waals surface area contributed by atoms with Crippen molar-refractivity contribution < 1.29 is 4.79 Å². The van der Waals surface area contributed by atoms with E-state index in [-0.39, 0.29) is 5.91 Å². The van der Waals surface area contributed by atoms with E-state index < -0.39 is 0 Å². The maximum atomic E-state index is 13.3.